The average molecular weight is 182 g/mol. The molecule has 0 fully saturated rings. The number of aliphatic hydroxyl groups excluding tert-OH is 1. The van der Waals surface area contributed by atoms with Crippen LogP contribution in [0.1, 0.15) is 44.9 Å². The molecule has 0 bridgehead atoms. The second-order valence-electron chi connectivity index (χ2n) is 4.27. The summed E-state index contributed by atoms with van der Waals surface area (Å²) in [4.78, 5) is 7.49. The van der Waals surface area contributed by atoms with E-state index in [1.165, 1.54) is 0 Å². The first-order chi connectivity index (χ1) is 5.99. The molecule has 0 saturated carbocycles. The summed E-state index contributed by atoms with van der Waals surface area (Å²) in [5.74, 6) is 0.668. The monoisotopic (exact) mass is 182 g/mol. The second kappa shape index (κ2) is 3.50. The van der Waals surface area contributed by atoms with Crippen molar-refractivity contribution in [3.05, 3.63) is 17.2 Å². The van der Waals surface area contributed by atoms with Crippen molar-refractivity contribution in [3.63, 3.8) is 0 Å². The van der Waals surface area contributed by atoms with Crippen molar-refractivity contribution in [2.24, 2.45) is 0 Å². The molecular weight excluding hydrogens is 164 g/mol. The quantitative estimate of drug-likeness (QED) is 0.732. The van der Waals surface area contributed by atoms with Gasteiger partial charge in [-0.1, -0.05) is 27.7 Å². The lowest BCUT2D eigenvalue weighted by Crippen LogP contribution is -2.14. The van der Waals surface area contributed by atoms with E-state index >= 15 is 0 Å². The summed E-state index contributed by atoms with van der Waals surface area (Å²) >= 11 is 0. The van der Waals surface area contributed by atoms with Gasteiger partial charge in [-0.2, -0.15) is 0 Å². The molecule has 0 amide bonds. The maximum Gasteiger partial charge on any atom is 0.132 e. The molecule has 1 aromatic rings. The number of rotatable bonds is 2. The van der Waals surface area contributed by atoms with Crippen LogP contribution in [0, 0.1) is 0 Å². The van der Waals surface area contributed by atoms with Gasteiger partial charge in [0.05, 0.1) is 5.69 Å². The summed E-state index contributed by atoms with van der Waals surface area (Å²) in [5, 5.41) is 8.94. The van der Waals surface area contributed by atoms with Crippen LogP contribution in [0.3, 0.4) is 0 Å². The Balaban J connectivity index is 3.11. The lowest BCUT2D eigenvalue weighted by Gasteiger charge is -2.16. The van der Waals surface area contributed by atoms with Gasteiger partial charge in [0.25, 0.3) is 0 Å². The van der Waals surface area contributed by atoms with Gasteiger partial charge in [0.2, 0.25) is 0 Å². The van der Waals surface area contributed by atoms with Crippen LogP contribution >= 0.6 is 0 Å². The van der Waals surface area contributed by atoms with Crippen molar-refractivity contribution in [1.82, 2.24) is 9.97 Å². The van der Waals surface area contributed by atoms with Gasteiger partial charge in [-0.05, 0) is 6.42 Å². The maximum absolute atomic E-state index is 8.94. The van der Waals surface area contributed by atoms with Crippen LogP contribution in [0.4, 0.5) is 0 Å². The zero-order valence-electron chi connectivity index (χ0n) is 8.81. The van der Waals surface area contributed by atoms with E-state index in [0.717, 1.165) is 17.8 Å². The first-order valence-corrected chi connectivity index (χ1v) is 4.68. The highest BCUT2D eigenvalue weighted by Crippen LogP contribution is 2.24. The van der Waals surface area contributed by atoms with E-state index in [2.05, 4.69) is 37.7 Å². The predicted molar refractivity (Wildman–Crippen MR) is 52.6 cm³/mol. The SMILES string of the molecule is CCc1[nH]c(CO)nc1C(C)(C)C. The molecule has 0 spiro atoms. The van der Waals surface area contributed by atoms with Gasteiger partial charge in [0.1, 0.15) is 12.4 Å². The van der Waals surface area contributed by atoms with Gasteiger partial charge in [-0.25, -0.2) is 4.98 Å². The highest BCUT2D eigenvalue weighted by molar-refractivity contribution is 5.22. The van der Waals surface area contributed by atoms with Gasteiger partial charge in [-0.3, -0.25) is 0 Å². The molecule has 0 radical (unpaired) electrons. The molecule has 13 heavy (non-hydrogen) atoms. The third kappa shape index (κ3) is 2.10. The topological polar surface area (TPSA) is 48.9 Å². The van der Waals surface area contributed by atoms with E-state index in [1.807, 2.05) is 0 Å². The van der Waals surface area contributed by atoms with E-state index in [0.29, 0.717) is 5.82 Å². The van der Waals surface area contributed by atoms with E-state index in [1.54, 1.807) is 0 Å². The smallest absolute Gasteiger partial charge is 0.132 e. The fourth-order valence-corrected chi connectivity index (χ4v) is 1.41. The van der Waals surface area contributed by atoms with Gasteiger partial charge in [0.15, 0.2) is 0 Å². The van der Waals surface area contributed by atoms with Crippen LogP contribution < -0.4 is 0 Å². The molecule has 0 saturated heterocycles. The summed E-state index contributed by atoms with van der Waals surface area (Å²) < 4.78 is 0. The summed E-state index contributed by atoms with van der Waals surface area (Å²) in [7, 11) is 0. The van der Waals surface area contributed by atoms with Crippen molar-refractivity contribution in [3.8, 4) is 0 Å². The van der Waals surface area contributed by atoms with Crippen LogP contribution in [0.15, 0.2) is 0 Å². The summed E-state index contributed by atoms with van der Waals surface area (Å²) in [5.41, 5.74) is 2.26. The normalized spacial score (nSPS) is 12.1. The molecule has 0 atom stereocenters. The highest BCUT2D eigenvalue weighted by atomic mass is 16.3. The number of aryl methyl sites for hydroxylation is 1. The lowest BCUT2D eigenvalue weighted by atomic mass is 9.90. The van der Waals surface area contributed by atoms with E-state index < -0.39 is 0 Å². The third-order valence-electron chi connectivity index (χ3n) is 2.04. The molecule has 0 aromatic carbocycles. The number of H-pyrrole nitrogens is 1. The first-order valence-electron chi connectivity index (χ1n) is 4.68. The minimum absolute atomic E-state index is 0.0108. The van der Waals surface area contributed by atoms with Gasteiger partial charge >= 0.3 is 0 Å². The van der Waals surface area contributed by atoms with Crippen LogP contribution in [-0.2, 0) is 18.4 Å². The molecular formula is C10H18N2O. The fraction of sp³-hybridized carbons (Fsp3) is 0.700. The molecule has 1 heterocycles. The van der Waals surface area contributed by atoms with E-state index in [9.17, 15) is 0 Å². The zero-order chi connectivity index (χ0) is 10.1. The second-order valence-corrected chi connectivity index (χ2v) is 4.27. The number of hydrogen-bond donors (Lipinski definition) is 2. The van der Waals surface area contributed by atoms with Gasteiger partial charge < -0.3 is 10.1 Å². The number of nitrogens with zero attached hydrogens (tertiary/aromatic N) is 1. The highest BCUT2D eigenvalue weighted by Gasteiger charge is 2.21. The van der Waals surface area contributed by atoms with Crippen molar-refractivity contribution in [1.29, 1.82) is 0 Å². The molecule has 2 N–H and O–H groups in total. The van der Waals surface area contributed by atoms with Crippen molar-refractivity contribution >= 4 is 0 Å². The number of imidazole rings is 1. The minimum atomic E-state index is -0.0108. The Hall–Kier alpha value is -0.830. The van der Waals surface area contributed by atoms with E-state index in [4.69, 9.17) is 5.11 Å². The Morgan fingerprint density at radius 3 is 2.31 bits per heavy atom. The Bertz CT molecular complexity index is 284. The number of hydrogen-bond acceptors (Lipinski definition) is 2. The number of aromatic amines is 1. The predicted octanol–water partition coefficient (Wildman–Crippen LogP) is 1.76. The molecule has 0 unspecified atom stereocenters. The van der Waals surface area contributed by atoms with Crippen LogP contribution in [-0.4, -0.2) is 15.1 Å². The summed E-state index contributed by atoms with van der Waals surface area (Å²) in [6.45, 7) is 8.46. The Labute approximate surface area is 79.2 Å². The molecule has 0 aliphatic carbocycles. The molecule has 0 aliphatic heterocycles. The minimum Gasteiger partial charge on any atom is -0.388 e. The third-order valence-corrected chi connectivity index (χ3v) is 2.04. The van der Waals surface area contributed by atoms with Gasteiger partial charge in [0, 0.05) is 11.1 Å². The first kappa shape index (κ1) is 10.3. The Morgan fingerprint density at radius 2 is 2.00 bits per heavy atom. The molecule has 1 rings (SSSR count). The van der Waals surface area contributed by atoms with E-state index in [-0.39, 0.29) is 12.0 Å². The molecule has 1 aromatic heterocycles. The Morgan fingerprint density at radius 1 is 1.38 bits per heavy atom. The lowest BCUT2D eigenvalue weighted by molar-refractivity contribution is 0.272. The van der Waals surface area contributed by atoms with Crippen molar-refractivity contribution < 1.29 is 5.11 Å². The van der Waals surface area contributed by atoms with Gasteiger partial charge in [-0.15, -0.1) is 0 Å². The standard InChI is InChI=1S/C10H18N2O/c1-5-7-9(10(2,3)4)12-8(6-13)11-7/h13H,5-6H2,1-4H3,(H,11,12). The number of aromatic nitrogens is 2. The van der Waals surface area contributed by atoms with Crippen LogP contribution in [0.25, 0.3) is 0 Å². The Kier molecular flexibility index (Phi) is 2.76. The van der Waals surface area contributed by atoms with Crippen LogP contribution in [0.5, 0.6) is 0 Å². The number of nitrogens with one attached hydrogen (secondary N) is 1. The average Bonchev–Trinajstić information content (AvgIpc) is 2.46. The van der Waals surface area contributed by atoms with Crippen molar-refractivity contribution in [2.75, 3.05) is 0 Å². The van der Waals surface area contributed by atoms with Crippen molar-refractivity contribution in [2.45, 2.75) is 46.1 Å². The maximum atomic E-state index is 8.94. The summed E-state index contributed by atoms with van der Waals surface area (Å²) in [6.07, 6.45) is 0.930. The molecule has 3 heteroatoms. The fourth-order valence-electron chi connectivity index (χ4n) is 1.41. The summed E-state index contributed by atoms with van der Waals surface area (Å²) in [6, 6.07) is 0. The van der Waals surface area contributed by atoms with Crippen LogP contribution in [0.2, 0.25) is 0 Å². The largest absolute Gasteiger partial charge is 0.388 e. The molecule has 0 aliphatic rings. The molecule has 3 nitrogen and oxygen atoms in total. The zero-order valence-corrected chi connectivity index (χ0v) is 8.81. The number of aliphatic hydroxyl groups is 1. The molecule has 74 valence electrons.